The van der Waals surface area contributed by atoms with Gasteiger partial charge in [0.1, 0.15) is 0 Å². The molecule has 1 aliphatic rings. The average Bonchev–Trinajstić information content (AvgIpc) is 2.20. The Morgan fingerprint density at radius 3 is 3.00 bits per heavy atom. The van der Waals surface area contributed by atoms with Gasteiger partial charge in [-0.1, -0.05) is 13.3 Å². The number of nitrogens with one attached hydrogen (secondary N) is 1. The standard InChI is InChI=1S/C11H24N2O/c1-2-5-10(12)8-13-9-11-6-3-4-7-14-11/h10-11,13H,2-9,12H2,1H3. The van der Waals surface area contributed by atoms with Crippen molar-refractivity contribution >= 4 is 0 Å². The van der Waals surface area contributed by atoms with Crippen molar-refractivity contribution < 1.29 is 4.74 Å². The molecule has 1 heterocycles. The molecule has 1 saturated heterocycles. The molecule has 2 unspecified atom stereocenters. The van der Waals surface area contributed by atoms with Crippen molar-refractivity contribution in [1.82, 2.24) is 5.32 Å². The van der Waals surface area contributed by atoms with Crippen LogP contribution in [0, 0.1) is 0 Å². The minimum Gasteiger partial charge on any atom is -0.377 e. The molecule has 14 heavy (non-hydrogen) atoms. The molecule has 84 valence electrons. The second kappa shape index (κ2) is 7.21. The van der Waals surface area contributed by atoms with Gasteiger partial charge in [-0.15, -0.1) is 0 Å². The van der Waals surface area contributed by atoms with E-state index in [1.807, 2.05) is 0 Å². The smallest absolute Gasteiger partial charge is 0.0699 e. The molecule has 0 amide bonds. The summed E-state index contributed by atoms with van der Waals surface area (Å²) in [6.45, 7) is 5.00. The summed E-state index contributed by atoms with van der Waals surface area (Å²) in [5.41, 5.74) is 5.90. The van der Waals surface area contributed by atoms with E-state index in [2.05, 4.69) is 12.2 Å². The minimum absolute atomic E-state index is 0.309. The van der Waals surface area contributed by atoms with Crippen LogP contribution in [-0.4, -0.2) is 31.8 Å². The van der Waals surface area contributed by atoms with Crippen LogP contribution in [0.25, 0.3) is 0 Å². The van der Waals surface area contributed by atoms with Gasteiger partial charge in [0.05, 0.1) is 6.10 Å². The highest BCUT2D eigenvalue weighted by molar-refractivity contribution is 4.69. The number of ether oxygens (including phenoxy) is 1. The lowest BCUT2D eigenvalue weighted by Crippen LogP contribution is -2.39. The molecular weight excluding hydrogens is 176 g/mol. The van der Waals surface area contributed by atoms with Gasteiger partial charge < -0.3 is 15.8 Å². The highest BCUT2D eigenvalue weighted by Crippen LogP contribution is 2.11. The van der Waals surface area contributed by atoms with Crippen LogP contribution in [0.3, 0.4) is 0 Å². The molecule has 0 radical (unpaired) electrons. The van der Waals surface area contributed by atoms with Gasteiger partial charge in [-0.05, 0) is 25.7 Å². The second-order valence-electron chi connectivity index (χ2n) is 4.20. The van der Waals surface area contributed by atoms with Crippen LogP contribution in [-0.2, 0) is 4.74 Å². The van der Waals surface area contributed by atoms with E-state index in [1.54, 1.807) is 0 Å². The fourth-order valence-electron chi connectivity index (χ4n) is 1.87. The molecule has 0 bridgehead atoms. The number of nitrogens with two attached hydrogens (primary N) is 1. The fraction of sp³-hybridized carbons (Fsp3) is 1.00. The first kappa shape index (κ1) is 12.0. The van der Waals surface area contributed by atoms with Gasteiger partial charge in [0.25, 0.3) is 0 Å². The molecule has 2 atom stereocenters. The Labute approximate surface area is 87.4 Å². The van der Waals surface area contributed by atoms with E-state index in [9.17, 15) is 0 Å². The first-order valence-corrected chi connectivity index (χ1v) is 5.90. The normalized spacial score (nSPS) is 24.9. The molecule has 1 aliphatic heterocycles. The molecule has 0 saturated carbocycles. The molecule has 1 rings (SSSR count). The Morgan fingerprint density at radius 1 is 1.50 bits per heavy atom. The van der Waals surface area contributed by atoms with E-state index in [0.717, 1.165) is 26.1 Å². The van der Waals surface area contributed by atoms with E-state index >= 15 is 0 Å². The summed E-state index contributed by atoms with van der Waals surface area (Å²) in [5, 5.41) is 3.39. The summed E-state index contributed by atoms with van der Waals surface area (Å²) in [7, 11) is 0. The molecule has 0 aliphatic carbocycles. The minimum atomic E-state index is 0.309. The third kappa shape index (κ3) is 4.94. The summed E-state index contributed by atoms with van der Waals surface area (Å²) in [6.07, 6.45) is 6.45. The van der Waals surface area contributed by atoms with Crippen LogP contribution in [0.4, 0.5) is 0 Å². The van der Waals surface area contributed by atoms with Gasteiger partial charge in [0.2, 0.25) is 0 Å². The van der Waals surface area contributed by atoms with Crippen LogP contribution in [0.5, 0.6) is 0 Å². The summed E-state index contributed by atoms with van der Waals surface area (Å²) in [6, 6.07) is 0.309. The van der Waals surface area contributed by atoms with E-state index < -0.39 is 0 Å². The average molecular weight is 200 g/mol. The second-order valence-corrected chi connectivity index (χ2v) is 4.20. The van der Waals surface area contributed by atoms with Gasteiger partial charge in [-0.3, -0.25) is 0 Å². The van der Waals surface area contributed by atoms with Crippen LogP contribution in [0.1, 0.15) is 39.0 Å². The summed E-state index contributed by atoms with van der Waals surface area (Å²) >= 11 is 0. The first-order valence-electron chi connectivity index (χ1n) is 5.90. The van der Waals surface area contributed by atoms with E-state index in [0.29, 0.717) is 12.1 Å². The molecule has 0 spiro atoms. The Bertz CT molecular complexity index is 135. The Morgan fingerprint density at radius 2 is 2.36 bits per heavy atom. The molecule has 3 N–H and O–H groups in total. The number of hydrogen-bond donors (Lipinski definition) is 2. The first-order chi connectivity index (χ1) is 6.83. The molecule has 3 heteroatoms. The highest BCUT2D eigenvalue weighted by Gasteiger charge is 2.13. The van der Waals surface area contributed by atoms with Gasteiger partial charge in [0, 0.05) is 25.7 Å². The number of rotatable bonds is 6. The molecule has 0 aromatic heterocycles. The lowest BCUT2D eigenvalue weighted by molar-refractivity contribution is 0.0168. The maximum absolute atomic E-state index is 5.90. The van der Waals surface area contributed by atoms with Gasteiger partial charge in [-0.2, -0.15) is 0 Å². The van der Waals surface area contributed by atoms with Crippen molar-refractivity contribution in [3.05, 3.63) is 0 Å². The maximum atomic E-state index is 5.90. The zero-order valence-corrected chi connectivity index (χ0v) is 9.30. The fourth-order valence-corrected chi connectivity index (χ4v) is 1.87. The third-order valence-corrected chi connectivity index (χ3v) is 2.71. The zero-order chi connectivity index (χ0) is 10.2. The largest absolute Gasteiger partial charge is 0.377 e. The van der Waals surface area contributed by atoms with Crippen molar-refractivity contribution in [2.45, 2.75) is 51.2 Å². The van der Waals surface area contributed by atoms with Crippen molar-refractivity contribution in [3.63, 3.8) is 0 Å². The van der Waals surface area contributed by atoms with Crippen molar-refractivity contribution in [2.24, 2.45) is 5.73 Å². The quantitative estimate of drug-likeness (QED) is 0.679. The summed E-state index contributed by atoms with van der Waals surface area (Å²) in [4.78, 5) is 0. The molecule has 0 aromatic rings. The monoisotopic (exact) mass is 200 g/mol. The number of hydrogen-bond acceptors (Lipinski definition) is 3. The van der Waals surface area contributed by atoms with E-state index in [-0.39, 0.29) is 0 Å². The van der Waals surface area contributed by atoms with Crippen LogP contribution in [0.15, 0.2) is 0 Å². The van der Waals surface area contributed by atoms with E-state index in [1.165, 1.54) is 25.7 Å². The molecule has 0 aromatic carbocycles. The maximum Gasteiger partial charge on any atom is 0.0699 e. The Balaban J connectivity index is 1.96. The zero-order valence-electron chi connectivity index (χ0n) is 9.30. The summed E-state index contributed by atoms with van der Waals surface area (Å²) < 4.78 is 5.62. The third-order valence-electron chi connectivity index (χ3n) is 2.71. The molecule has 1 fully saturated rings. The summed E-state index contributed by atoms with van der Waals surface area (Å²) in [5.74, 6) is 0. The SMILES string of the molecule is CCCC(N)CNCC1CCCCO1. The van der Waals surface area contributed by atoms with Crippen molar-refractivity contribution in [1.29, 1.82) is 0 Å². The molecular formula is C11H24N2O. The van der Waals surface area contributed by atoms with Crippen LogP contribution in [0.2, 0.25) is 0 Å². The lowest BCUT2D eigenvalue weighted by atomic mass is 10.1. The van der Waals surface area contributed by atoms with Gasteiger partial charge in [0.15, 0.2) is 0 Å². The molecule has 3 nitrogen and oxygen atoms in total. The predicted octanol–water partition coefficient (Wildman–Crippen LogP) is 1.27. The Hall–Kier alpha value is -0.120. The Kier molecular flexibility index (Phi) is 6.15. The lowest BCUT2D eigenvalue weighted by Gasteiger charge is -2.23. The van der Waals surface area contributed by atoms with Gasteiger partial charge in [-0.25, -0.2) is 0 Å². The predicted molar refractivity (Wildman–Crippen MR) is 59.3 cm³/mol. The van der Waals surface area contributed by atoms with Crippen LogP contribution < -0.4 is 11.1 Å². The van der Waals surface area contributed by atoms with E-state index in [4.69, 9.17) is 10.5 Å². The van der Waals surface area contributed by atoms with Crippen molar-refractivity contribution in [2.75, 3.05) is 19.7 Å². The highest BCUT2D eigenvalue weighted by atomic mass is 16.5. The van der Waals surface area contributed by atoms with Crippen molar-refractivity contribution in [3.8, 4) is 0 Å². The van der Waals surface area contributed by atoms with Gasteiger partial charge >= 0.3 is 0 Å². The van der Waals surface area contributed by atoms with Crippen LogP contribution >= 0.6 is 0 Å². The topological polar surface area (TPSA) is 47.3 Å².